The van der Waals surface area contributed by atoms with Crippen LogP contribution in [-0.2, 0) is 9.53 Å². The standard InChI is InChI=1S/C10H14O2/c1-5-6-7-9(4)10(11)12-8(2)3/h5H,1-2,4,6-7H2,3H3. The number of rotatable bonds is 5. The summed E-state index contributed by atoms with van der Waals surface area (Å²) in [6.45, 7) is 12.2. The number of hydrogen-bond donors (Lipinski definition) is 0. The average Bonchev–Trinajstić information content (AvgIpc) is 1.98. The van der Waals surface area contributed by atoms with Crippen molar-refractivity contribution in [2.24, 2.45) is 0 Å². The Hall–Kier alpha value is -1.31. The summed E-state index contributed by atoms with van der Waals surface area (Å²) in [4.78, 5) is 11.0. The lowest BCUT2D eigenvalue weighted by Gasteiger charge is -2.03. The second kappa shape index (κ2) is 5.35. The number of carbonyl (C=O) groups is 1. The first-order valence-electron chi connectivity index (χ1n) is 3.74. The smallest absolute Gasteiger partial charge is 0.338 e. The molecule has 2 heteroatoms. The van der Waals surface area contributed by atoms with Crippen LogP contribution in [0.5, 0.6) is 0 Å². The van der Waals surface area contributed by atoms with E-state index >= 15 is 0 Å². The highest BCUT2D eigenvalue weighted by molar-refractivity contribution is 5.88. The van der Waals surface area contributed by atoms with Gasteiger partial charge in [-0.05, 0) is 19.8 Å². The Morgan fingerprint density at radius 3 is 2.50 bits per heavy atom. The SMILES string of the molecule is C=CCCC(=C)C(=O)OC(=C)C. The van der Waals surface area contributed by atoms with Crippen molar-refractivity contribution in [2.75, 3.05) is 0 Å². The Morgan fingerprint density at radius 2 is 2.08 bits per heavy atom. The minimum absolute atomic E-state index is 0.389. The topological polar surface area (TPSA) is 26.3 Å². The van der Waals surface area contributed by atoms with Crippen LogP contribution in [0.15, 0.2) is 37.1 Å². The third-order valence-electron chi connectivity index (χ3n) is 1.21. The number of ether oxygens (including phenoxy) is 1. The molecule has 0 aliphatic heterocycles. The van der Waals surface area contributed by atoms with E-state index in [1.165, 1.54) is 0 Å². The minimum Gasteiger partial charge on any atom is -0.429 e. The van der Waals surface area contributed by atoms with Crippen molar-refractivity contribution in [3.05, 3.63) is 37.1 Å². The van der Waals surface area contributed by atoms with Gasteiger partial charge in [-0.25, -0.2) is 4.79 Å². The highest BCUT2D eigenvalue weighted by Crippen LogP contribution is 2.06. The molecule has 0 saturated heterocycles. The molecule has 0 aliphatic rings. The minimum atomic E-state index is -0.399. The second-order valence-electron chi connectivity index (χ2n) is 2.52. The fourth-order valence-electron chi connectivity index (χ4n) is 0.609. The van der Waals surface area contributed by atoms with Crippen molar-refractivity contribution in [1.82, 2.24) is 0 Å². The summed E-state index contributed by atoms with van der Waals surface area (Å²) >= 11 is 0. The van der Waals surface area contributed by atoms with E-state index in [0.29, 0.717) is 17.8 Å². The van der Waals surface area contributed by atoms with Crippen LogP contribution in [0.2, 0.25) is 0 Å². The van der Waals surface area contributed by atoms with Gasteiger partial charge in [-0.1, -0.05) is 19.2 Å². The van der Waals surface area contributed by atoms with Crippen LogP contribution in [0.1, 0.15) is 19.8 Å². The molecule has 0 aromatic carbocycles. The number of esters is 1. The molecule has 0 aromatic rings. The predicted octanol–water partition coefficient (Wildman–Crippen LogP) is 2.59. The molecule has 0 rings (SSSR count). The van der Waals surface area contributed by atoms with Crippen molar-refractivity contribution < 1.29 is 9.53 Å². The first-order valence-corrected chi connectivity index (χ1v) is 3.74. The average molecular weight is 166 g/mol. The van der Waals surface area contributed by atoms with Gasteiger partial charge >= 0.3 is 5.97 Å². The van der Waals surface area contributed by atoms with Gasteiger partial charge < -0.3 is 4.74 Å². The molecule has 0 unspecified atom stereocenters. The largest absolute Gasteiger partial charge is 0.429 e. The molecule has 0 radical (unpaired) electrons. The first kappa shape index (κ1) is 10.7. The molecule has 12 heavy (non-hydrogen) atoms. The van der Waals surface area contributed by atoms with Gasteiger partial charge in [0.1, 0.15) is 0 Å². The normalized spacial score (nSPS) is 8.75. The van der Waals surface area contributed by atoms with Crippen LogP contribution in [0.25, 0.3) is 0 Å². The van der Waals surface area contributed by atoms with Crippen molar-refractivity contribution >= 4 is 5.97 Å². The predicted molar refractivity (Wildman–Crippen MR) is 49.5 cm³/mol. The second-order valence-corrected chi connectivity index (χ2v) is 2.52. The van der Waals surface area contributed by atoms with Gasteiger partial charge in [0.15, 0.2) is 0 Å². The van der Waals surface area contributed by atoms with Gasteiger partial charge in [0.25, 0.3) is 0 Å². The van der Waals surface area contributed by atoms with E-state index in [9.17, 15) is 4.79 Å². The number of carbonyl (C=O) groups excluding carboxylic acids is 1. The van der Waals surface area contributed by atoms with E-state index in [4.69, 9.17) is 4.74 Å². The zero-order valence-electron chi connectivity index (χ0n) is 7.43. The fourth-order valence-corrected chi connectivity index (χ4v) is 0.609. The van der Waals surface area contributed by atoms with E-state index < -0.39 is 5.97 Å². The molecule has 0 aromatic heterocycles. The van der Waals surface area contributed by atoms with Crippen LogP contribution in [0, 0.1) is 0 Å². The maximum absolute atomic E-state index is 11.0. The third kappa shape index (κ3) is 4.50. The van der Waals surface area contributed by atoms with E-state index in [1.807, 2.05) is 0 Å². The van der Waals surface area contributed by atoms with Crippen molar-refractivity contribution in [2.45, 2.75) is 19.8 Å². The molecular formula is C10H14O2. The highest BCUT2D eigenvalue weighted by atomic mass is 16.5. The molecule has 0 amide bonds. The lowest BCUT2D eigenvalue weighted by molar-refractivity contribution is -0.135. The molecule has 0 saturated carbocycles. The van der Waals surface area contributed by atoms with E-state index in [1.54, 1.807) is 13.0 Å². The Bertz CT molecular complexity index is 214. The summed E-state index contributed by atoms with van der Waals surface area (Å²) < 4.78 is 4.74. The Morgan fingerprint density at radius 1 is 1.50 bits per heavy atom. The Labute approximate surface area is 73.2 Å². The molecule has 66 valence electrons. The summed E-state index contributed by atoms with van der Waals surface area (Å²) in [6, 6.07) is 0. The van der Waals surface area contributed by atoms with Crippen LogP contribution >= 0.6 is 0 Å². The highest BCUT2D eigenvalue weighted by Gasteiger charge is 2.06. The van der Waals surface area contributed by atoms with Gasteiger partial charge in [-0.2, -0.15) is 0 Å². The maximum atomic E-state index is 11.0. The lowest BCUT2D eigenvalue weighted by atomic mass is 10.2. The number of hydrogen-bond acceptors (Lipinski definition) is 2. The van der Waals surface area contributed by atoms with Gasteiger partial charge in [-0.15, -0.1) is 6.58 Å². The zero-order chi connectivity index (χ0) is 9.56. The quantitative estimate of drug-likeness (QED) is 0.271. The number of allylic oxidation sites excluding steroid dienone is 2. The van der Waals surface area contributed by atoms with Crippen LogP contribution in [0.4, 0.5) is 0 Å². The van der Waals surface area contributed by atoms with Crippen LogP contribution < -0.4 is 0 Å². The Balaban J connectivity index is 3.85. The van der Waals surface area contributed by atoms with Gasteiger partial charge in [-0.3, -0.25) is 0 Å². The zero-order valence-corrected chi connectivity index (χ0v) is 7.43. The molecule has 0 atom stereocenters. The molecule has 2 nitrogen and oxygen atoms in total. The van der Waals surface area contributed by atoms with Crippen molar-refractivity contribution in [3.8, 4) is 0 Å². The molecule has 0 fully saturated rings. The van der Waals surface area contributed by atoms with Gasteiger partial charge in [0.2, 0.25) is 0 Å². The molecular weight excluding hydrogens is 152 g/mol. The van der Waals surface area contributed by atoms with Crippen molar-refractivity contribution in [1.29, 1.82) is 0 Å². The summed E-state index contributed by atoms with van der Waals surface area (Å²) in [7, 11) is 0. The van der Waals surface area contributed by atoms with Crippen LogP contribution in [-0.4, -0.2) is 5.97 Å². The van der Waals surface area contributed by atoms with Gasteiger partial charge in [0, 0.05) is 5.57 Å². The maximum Gasteiger partial charge on any atom is 0.338 e. The van der Waals surface area contributed by atoms with E-state index in [-0.39, 0.29) is 0 Å². The molecule has 0 aliphatic carbocycles. The molecule has 0 spiro atoms. The fraction of sp³-hybridized carbons (Fsp3) is 0.300. The third-order valence-corrected chi connectivity index (χ3v) is 1.21. The van der Waals surface area contributed by atoms with E-state index in [2.05, 4.69) is 19.7 Å². The summed E-state index contributed by atoms with van der Waals surface area (Å²) in [5.41, 5.74) is 0.456. The molecule has 0 bridgehead atoms. The summed E-state index contributed by atoms with van der Waals surface area (Å²) in [6.07, 6.45) is 3.07. The molecule has 0 N–H and O–H groups in total. The first-order chi connectivity index (χ1) is 5.57. The summed E-state index contributed by atoms with van der Waals surface area (Å²) in [5.74, 6) is -0.0101. The van der Waals surface area contributed by atoms with Crippen LogP contribution in [0.3, 0.4) is 0 Å². The lowest BCUT2D eigenvalue weighted by Crippen LogP contribution is -2.04. The Kier molecular flexibility index (Phi) is 4.77. The summed E-state index contributed by atoms with van der Waals surface area (Å²) in [5, 5.41) is 0. The van der Waals surface area contributed by atoms with Crippen molar-refractivity contribution in [3.63, 3.8) is 0 Å². The molecule has 0 heterocycles. The van der Waals surface area contributed by atoms with Gasteiger partial charge in [0.05, 0.1) is 5.76 Å². The monoisotopic (exact) mass is 166 g/mol. The van der Waals surface area contributed by atoms with E-state index in [0.717, 1.165) is 6.42 Å².